The number of likely N-dealkylation sites (N-methyl/N-ethyl adjacent to an activating group) is 1. The highest BCUT2D eigenvalue weighted by Crippen LogP contribution is 2.40. The number of ether oxygens (including phenoxy) is 1. The molecule has 1 N–H and O–H groups in total. The van der Waals surface area contributed by atoms with Gasteiger partial charge in [-0.3, -0.25) is 14.8 Å². The van der Waals surface area contributed by atoms with Crippen molar-refractivity contribution in [1.29, 1.82) is 0 Å². The van der Waals surface area contributed by atoms with Crippen LogP contribution in [-0.2, 0) is 13.0 Å². The second kappa shape index (κ2) is 7.70. The lowest BCUT2D eigenvalue weighted by Crippen LogP contribution is -2.35. The van der Waals surface area contributed by atoms with Gasteiger partial charge in [-0.25, -0.2) is 14.8 Å². The van der Waals surface area contributed by atoms with Crippen LogP contribution in [0, 0.1) is 0 Å². The quantitative estimate of drug-likeness (QED) is 0.493. The van der Waals surface area contributed by atoms with E-state index in [0.29, 0.717) is 29.4 Å². The monoisotopic (exact) mass is 444 g/mol. The lowest BCUT2D eigenvalue weighted by molar-refractivity contribution is 0.224. The molecule has 0 bridgehead atoms. The summed E-state index contributed by atoms with van der Waals surface area (Å²) in [7, 11) is 2.10. The fourth-order valence-electron chi connectivity index (χ4n) is 4.25. The number of rotatable bonds is 4. The number of aromatic nitrogens is 4. The summed E-state index contributed by atoms with van der Waals surface area (Å²) in [5, 5.41) is 7.65. The standard InChI is InChI=1S/C24H24N6O3/c1-14-9-18-19(12-29(14)2)25-13-26-23(18)32-17-5-6-20-16(10-17)7-8-30(20)24(31)27-22-11-21(33-28-22)15-3-4-15/h5-8,10-11,13-15H,3-4,9,12H2,1-2H3,(H,27,28,31). The van der Waals surface area contributed by atoms with Crippen LogP contribution in [0.3, 0.4) is 0 Å². The summed E-state index contributed by atoms with van der Waals surface area (Å²) < 4.78 is 13.0. The SMILES string of the molecule is CC1Cc2c(ncnc2Oc2ccc3c(ccn3C(=O)Nc3cc(C4CC4)on3)c2)CN1C. The fraction of sp³-hybridized carbons (Fsp3) is 0.333. The fourth-order valence-corrected chi connectivity index (χ4v) is 4.25. The van der Waals surface area contributed by atoms with Gasteiger partial charge >= 0.3 is 6.03 Å². The van der Waals surface area contributed by atoms with Crippen molar-refractivity contribution in [1.82, 2.24) is 24.6 Å². The van der Waals surface area contributed by atoms with Crippen LogP contribution in [0.2, 0.25) is 0 Å². The number of nitrogens with one attached hydrogen (secondary N) is 1. The van der Waals surface area contributed by atoms with Crippen molar-refractivity contribution in [3.8, 4) is 11.6 Å². The molecule has 9 heteroatoms. The second-order valence-electron chi connectivity index (χ2n) is 8.90. The first-order chi connectivity index (χ1) is 16.0. The molecular formula is C24H24N6O3. The van der Waals surface area contributed by atoms with E-state index in [1.807, 2.05) is 24.3 Å². The molecule has 2 aliphatic rings. The molecule has 0 saturated heterocycles. The molecule has 6 rings (SSSR count). The summed E-state index contributed by atoms with van der Waals surface area (Å²) in [5.41, 5.74) is 2.83. The van der Waals surface area contributed by atoms with E-state index in [9.17, 15) is 4.79 Å². The average Bonchev–Trinajstić information content (AvgIpc) is 3.40. The maximum Gasteiger partial charge on any atom is 0.331 e. The van der Waals surface area contributed by atoms with E-state index in [1.165, 1.54) is 0 Å². The third-order valence-corrected chi connectivity index (χ3v) is 6.48. The zero-order chi connectivity index (χ0) is 22.5. The summed E-state index contributed by atoms with van der Waals surface area (Å²) in [6, 6.07) is 9.41. The highest BCUT2D eigenvalue weighted by atomic mass is 16.5. The minimum absolute atomic E-state index is 0.294. The van der Waals surface area contributed by atoms with E-state index in [4.69, 9.17) is 9.26 Å². The van der Waals surface area contributed by atoms with E-state index < -0.39 is 0 Å². The average molecular weight is 444 g/mol. The Labute approximate surface area is 190 Å². The number of hydrogen-bond acceptors (Lipinski definition) is 7. The molecule has 1 aliphatic heterocycles. The summed E-state index contributed by atoms with van der Waals surface area (Å²) in [6.07, 6.45) is 6.35. The van der Waals surface area contributed by atoms with Gasteiger partial charge in [0.1, 0.15) is 17.8 Å². The summed E-state index contributed by atoms with van der Waals surface area (Å²) in [5.74, 6) is 2.96. The minimum Gasteiger partial charge on any atom is -0.439 e. The van der Waals surface area contributed by atoms with Crippen molar-refractivity contribution < 1.29 is 14.1 Å². The van der Waals surface area contributed by atoms with Crippen LogP contribution < -0.4 is 10.1 Å². The third kappa shape index (κ3) is 3.74. The Hall–Kier alpha value is -3.72. The summed E-state index contributed by atoms with van der Waals surface area (Å²) in [4.78, 5) is 23.9. The van der Waals surface area contributed by atoms with Crippen molar-refractivity contribution in [2.24, 2.45) is 0 Å². The molecule has 9 nitrogen and oxygen atoms in total. The Kier molecular flexibility index (Phi) is 4.65. The molecule has 33 heavy (non-hydrogen) atoms. The topological polar surface area (TPSA) is 98.3 Å². The molecule has 1 atom stereocenters. The third-order valence-electron chi connectivity index (χ3n) is 6.48. The molecule has 0 spiro atoms. The van der Waals surface area contributed by atoms with Crippen LogP contribution in [0.4, 0.5) is 10.6 Å². The van der Waals surface area contributed by atoms with Crippen LogP contribution >= 0.6 is 0 Å². The number of anilines is 1. The van der Waals surface area contributed by atoms with Gasteiger partial charge in [0, 0.05) is 41.7 Å². The van der Waals surface area contributed by atoms with Crippen molar-refractivity contribution in [2.75, 3.05) is 12.4 Å². The first-order valence-corrected chi connectivity index (χ1v) is 11.1. The number of hydrogen-bond donors (Lipinski definition) is 1. The van der Waals surface area contributed by atoms with E-state index in [2.05, 4.69) is 39.3 Å². The Bertz CT molecular complexity index is 1360. The molecule has 3 aromatic heterocycles. The molecule has 1 unspecified atom stereocenters. The molecule has 4 aromatic rings. The number of carbonyl (C=O) groups is 1. The van der Waals surface area contributed by atoms with Crippen molar-refractivity contribution in [3.63, 3.8) is 0 Å². The van der Waals surface area contributed by atoms with Crippen LogP contribution in [0.15, 0.2) is 47.4 Å². The Balaban J connectivity index is 1.22. The zero-order valence-electron chi connectivity index (χ0n) is 18.5. The highest BCUT2D eigenvalue weighted by molar-refractivity contribution is 5.98. The van der Waals surface area contributed by atoms with Gasteiger partial charge in [-0.15, -0.1) is 0 Å². The summed E-state index contributed by atoms with van der Waals surface area (Å²) in [6.45, 7) is 2.96. The zero-order valence-corrected chi connectivity index (χ0v) is 18.5. The first kappa shape index (κ1) is 19.9. The molecule has 168 valence electrons. The molecule has 1 saturated carbocycles. The Morgan fingerprint density at radius 3 is 2.94 bits per heavy atom. The predicted molar refractivity (Wildman–Crippen MR) is 122 cm³/mol. The van der Waals surface area contributed by atoms with E-state index in [1.54, 1.807) is 23.2 Å². The molecule has 0 radical (unpaired) electrons. The van der Waals surface area contributed by atoms with Crippen molar-refractivity contribution in [3.05, 3.63) is 59.9 Å². The van der Waals surface area contributed by atoms with Gasteiger partial charge in [0.05, 0.1) is 11.2 Å². The Morgan fingerprint density at radius 2 is 2.09 bits per heavy atom. The summed E-state index contributed by atoms with van der Waals surface area (Å²) >= 11 is 0. The molecule has 1 aromatic carbocycles. The number of nitrogens with zero attached hydrogens (tertiary/aromatic N) is 5. The predicted octanol–water partition coefficient (Wildman–Crippen LogP) is 4.55. The van der Waals surface area contributed by atoms with Crippen LogP contribution in [0.25, 0.3) is 10.9 Å². The van der Waals surface area contributed by atoms with E-state index in [-0.39, 0.29) is 6.03 Å². The van der Waals surface area contributed by atoms with Gasteiger partial charge in [0.25, 0.3) is 0 Å². The van der Waals surface area contributed by atoms with Gasteiger partial charge < -0.3 is 9.26 Å². The van der Waals surface area contributed by atoms with Crippen LogP contribution in [0.5, 0.6) is 11.6 Å². The molecule has 1 amide bonds. The molecule has 1 fully saturated rings. The first-order valence-electron chi connectivity index (χ1n) is 11.1. The number of amides is 1. The van der Waals surface area contributed by atoms with Crippen LogP contribution in [-0.4, -0.2) is 43.7 Å². The van der Waals surface area contributed by atoms with Gasteiger partial charge in [0.15, 0.2) is 5.82 Å². The van der Waals surface area contributed by atoms with E-state index >= 15 is 0 Å². The normalized spacial score (nSPS) is 18.3. The van der Waals surface area contributed by atoms with Gasteiger partial charge in [-0.05, 0) is 57.5 Å². The number of fused-ring (bicyclic) bond motifs is 2. The van der Waals surface area contributed by atoms with Crippen molar-refractivity contribution in [2.45, 2.75) is 44.7 Å². The van der Waals surface area contributed by atoms with Crippen molar-refractivity contribution >= 4 is 22.8 Å². The maximum absolute atomic E-state index is 12.8. The number of carbonyl (C=O) groups excluding carboxylic acids is 1. The molecule has 1 aliphatic carbocycles. The van der Waals surface area contributed by atoms with Gasteiger partial charge in [0.2, 0.25) is 5.88 Å². The maximum atomic E-state index is 12.8. The van der Waals surface area contributed by atoms with Crippen LogP contribution in [0.1, 0.15) is 42.7 Å². The molecular weight excluding hydrogens is 420 g/mol. The Morgan fingerprint density at radius 1 is 1.21 bits per heavy atom. The number of benzene rings is 1. The smallest absolute Gasteiger partial charge is 0.331 e. The second-order valence-corrected chi connectivity index (χ2v) is 8.90. The largest absolute Gasteiger partial charge is 0.439 e. The van der Waals surface area contributed by atoms with E-state index in [0.717, 1.165) is 53.7 Å². The minimum atomic E-state index is -0.294. The lowest BCUT2D eigenvalue weighted by Gasteiger charge is -2.31. The van der Waals surface area contributed by atoms with Gasteiger partial charge in [-0.2, -0.15) is 0 Å². The lowest BCUT2D eigenvalue weighted by atomic mass is 10.0. The van der Waals surface area contributed by atoms with Gasteiger partial charge in [-0.1, -0.05) is 5.16 Å². The molecule has 4 heterocycles. The highest BCUT2D eigenvalue weighted by Gasteiger charge is 2.28.